The molecule has 2 aromatic carbocycles. The van der Waals surface area contributed by atoms with Crippen molar-refractivity contribution < 1.29 is 37.4 Å². The number of hydrogen-bond donors (Lipinski definition) is 3. The number of nitrogens with zero attached hydrogens (tertiary/aromatic N) is 2. The van der Waals surface area contributed by atoms with Crippen molar-refractivity contribution in [2.45, 2.75) is 44.0 Å². The van der Waals surface area contributed by atoms with Crippen LogP contribution in [0.4, 0.5) is 34.1 Å². The quantitative estimate of drug-likeness (QED) is 0.463. The number of carboxylic acids is 1. The Morgan fingerprint density at radius 2 is 1.87 bits per heavy atom. The molecule has 4 N–H and O–H groups in total. The largest absolute Gasteiger partial charge is 0.478 e. The monoisotopic (exact) mass is 554 g/mol. The second-order valence-corrected chi connectivity index (χ2v) is 9.61. The van der Waals surface area contributed by atoms with Gasteiger partial charge in [-0.25, -0.2) is 14.4 Å². The smallest absolute Gasteiger partial charge is 0.418 e. The Balaban J connectivity index is 1.36. The summed E-state index contributed by atoms with van der Waals surface area (Å²) in [5, 5.41) is 12.1. The van der Waals surface area contributed by atoms with Crippen LogP contribution in [0.25, 0.3) is 0 Å². The Bertz CT molecular complexity index is 1230. The molecule has 13 heteroatoms. The molecular weight excluding hydrogens is 529 g/mol. The highest BCUT2D eigenvalue weighted by Gasteiger charge is 2.36. The second-order valence-electron chi connectivity index (χ2n) is 9.20. The molecule has 0 spiro atoms. The maximum Gasteiger partial charge on any atom is 0.418 e. The molecule has 2 heterocycles. The fourth-order valence-electron chi connectivity index (χ4n) is 4.71. The molecule has 1 atom stereocenters. The third kappa shape index (κ3) is 6.07. The minimum atomic E-state index is -4.80. The van der Waals surface area contributed by atoms with Crippen LogP contribution in [0.1, 0.15) is 29.5 Å². The zero-order valence-electron chi connectivity index (χ0n) is 20.1. The first-order valence-electron chi connectivity index (χ1n) is 11.9. The molecule has 0 saturated carbocycles. The SMILES string of the molecule is Nc1c(Cl)cc(CC(OC(=O)N2CCC(N3CCc4ccccc4NC3=O)CC2)C(=O)O)cc1C(F)(F)F. The molecule has 1 unspecified atom stereocenters. The van der Waals surface area contributed by atoms with E-state index >= 15 is 0 Å². The summed E-state index contributed by atoms with van der Waals surface area (Å²) in [5.41, 5.74) is 5.27. The molecule has 204 valence electrons. The van der Waals surface area contributed by atoms with Crippen LogP contribution in [-0.2, 0) is 28.5 Å². The van der Waals surface area contributed by atoms with Crippen LogP contribution in [0, 0.1) is 0 Å². The van der Waals surface area contributed by atoms with E-state index in [1.165, 1.54) is 4.90 Å². The van der Waals surface area contributed by atoms with Gasteiger partial charge in [-0.1, -0.05) is 29.8 Å². The number of rotatable bonds is 5. The van der Waals surface area contributed by atoms with Gasteiger partial charge in [0.25, 0.3) is 0 Å². The predicted octanol–water partition coefficient (Wildman–Crippen LogP) is 4.63. The number of carbonyl (C=O) groups is 3. The highest BCUT2D eigenvalue weighted by atomic mass is 35.5. The van der Waals surface area contributed by atoms with Gasteiger partial charge >= 0.3 is 24.3 Å². The molecule has 38 heavy (non-hydrogen) atoms. The Kier molecular flexibility index (Phi) is 7.91. The lowest BCUT2D eigenvalue weighted by molar-refractivity contribution is -0.147. The fourth-order valence-corrected chi connectivity index (χ4v) is 4.96. The number of nitrogen functional groups attached to an aromatic ring is 1. The lowest BCUT2D eigenvalue weighted by Crippen LogP contribution is -2.50. The van der Waals surface area contributed by atoms with Crippen LogP contribution in [0.3, 0.4) is 0 Å². The molecule has 1 saturated heterocycles. The van der Waals surface area contributed by atoms with Gasteiger partial charge < -0.3 is 30.7 Å². The molecule has 0 bridgehead atoms. The van der Waals surface area contributed by atoms with E-state index in [1.54, 1.807) is 4.90 Å². The first-order chi connectivity index (χ1) is 17.9. The highest BCUT2D eigenvalue weighted by molar-refractivity contribution is 6.33. The Labute approximate surface area is 221 Å². The summed E-state index contributed by atoms with van der Waals surface area (Å²) in [7, 11) is 0. The van der Waals surface area contributed by atoms with Crippen LogP contribution in [0.2, 0.25) is 5.02 Å². The molecule has 4 rings (SSSR count). The lowest BCUT2D eigenvalue weighted by Gasteiger charge is -2.37. The van der Waals surface area contributed by atoms with Gasteiger partial charge in [-0.05, 0) is 48.6 Å². The summed E-state index contributed by atoms with van der Waals surface area (Å²) in [6, 6.07) is 9.03. The first kappa shape index (κ1) is 27.4. The number of fused-ring (bicyclic) bond motifs is 1. The number of halogens is 4. The maximum absolute atomic E-state index is 13.3. The summed E-state index contributed by atoms with van der Waals surface area (Å²) >= 11 is 5.82. The van der Waals surface area contributed by atoms with Crippen molar-refractivity contribution in [3.05, 3.63) is 58.1 Å². The molecule has 3 amide bonds. The molecule has 2 aliphatic heterocycles. The zero-order chi connectivity index (χ0) is 27.6. The number of aliphatic carboxylic acids is 1. The van der Waals surface area contributed by atoms with Crippen molar-refractivity contribution in [1.29, 1.82) is 0 Å². The third-order valence-corrected chi connectivity index (χ3v) is 7.05. The number of carbonyl (C=O) groups excluding carboxylic acids is 2. The van der Waals surface area contributed by atoms with E-state index in [9.17, 15) is 32.7 Å². The predicted molar refractivity (Wildman–Crippen MR) is 133 cm³/mol. The van der Waals surface area contributed by atoms with E-state index in [0.29, 0.717) is 31.9 Å². The topological polar surface area (TPSA) is 125 Å². The van der Waals surface area contributed by atoms with E-state index in [-0.39, 0.29) is 35.7 Å². The average Bonchev–Trinajstić information content (AvgIpc) is 3.03. The number of benzene rings is 2. The number of nitrogens with two attached hydrogens (primary N) is 1. The van der Waals surface area contributed by atoms with Gasteiger partial charge in [0.15, 0.2) is 0 Å². The number of para-hydroxylation sites is 1. The number of ether oxygens (including phenoxy) is 1. The summed E-state index contributed by atoms with van der Waals surface area (Å²) < 4.78 is 44.9. The van der Waals surface area contributed by atoms with Crippen molar-refractivity contribution in [1.82, 2.24) is 9.80 Å². The van der Waals surface area contributed by atoms with Crippen molar-refractivity contribution in [2.75, 3.05) is 30.7 Å². The molecular formula is C25H26ClF3N4O5. The van der Waals surface area contributed by atoms with Crippen molar-refractivity contribution >= 4 is 41.1 Å². The molecule has 0 aliphatic carbocycles. The van der Waals surface area contributed by atoms with E-state index in [1.807, 2.05) is 24.3 Å². The Morgan fingerprint density at radius 3 is 2.53 bits per heavy atom. The van der Waals surface area contributed by atoms with Crippen LogP contribution in [0.5, 0.6) is 0 Å². The number of nitrogens with one attached hydrogen (secondary N) is 1. The van der Waals surface area contributed by atoms with E-state index < -0.39 is 42.0 Å². The standard InChI is InChI=1S/C25H26ClF3N4O5/c26-18-12-14(11-17(21(18)30)25(27,28)29)13-20(22(34)35)38-24(37)32-8-6-16(7-9-32)33-10-5-15-3-1-2-4-19(15)31-23(33)36/h1-4,11-12,16,20H,5-10,13,30H2,(H,31,36)(H,34,35). The van der Waals surface area contributed by atoms with Crippen molar-refractivity contribution in [2.24, 2.45) is 0 Å². The fraction of sp³-hybridized carbons (Fsp3) is 0.400. The van der Waals surface area contributed by atoms with Gasteiger partial charge in [-0.15, -0.1) is 0 Å². The molecule has 9 nitrogen and oxygen atoms in total. The Morgan fingerprint density at radius 1 is 1.18 bits per heavy atom. The highest BCUT2D eigenvalue weighted by Crippen LogP contribution is 2.38. The van der Waals surface area contributed by atoms with E-state index in [2.05, 4.69) is 5.32 Å². The molecule has 0 radical (unpaired) electrons. The molecule has 0 aromatic heterocycles. The number of hydrogen-bond acceptors (Lipinski definition) is 5. The number of urea groups is 1. The van der Waals surface area contributed by atoms with Crippen LogP contribution < -0.4 is 11.1 Å². The third-order valence-electron chi connectivity index (χ3n) is 6.74. The molecule has 2 aliphatic rings. The minimum absolute atomic E-state index is 0.0939. The zero-order valence-corrected chi connectivity index (χ0v) is 20.9. The first-order valence-corrected chi connectivity index (χ1v) is 12.3. The van der Waals surface area contributed by atoms with Crippen molar-refractivity contribution in [3.8, 4) is 0 Å². The van der Waals surface area contributed by atoms with Gasteiger partial charge in [-0.3, -0.25) is 0 Å². The maximum atomic E-state index is 13.3. The number of carboxylic acid groups (broad SMARTS) is 1. The molecule has 2 aromatic rings. The van der Waals surface area contributed by atoms with E-state index in [0.717, 1.165) is 17.3 Å². The van der Waals surface area contributed by atoms with Crippen LogP contribution >= 0.6 is 11.6 Å². The van der Waals surface area contributed by atoms with Gasteiger partial charge in [-0.2, -0.15) is 13.2 Å². The number of piperidine rings is 1. The number of amides is 3. The summed E-state index contributed by atoms with van der Waals surface area (Å²) in [4.78, 5) is 40.3. The molecule has 1 fully saturated rings. The number of anilines is 2. The summed E-state index contributed by atoms with van der Waals surface area (Å²) in [5.74, 6) is -1.52. The van der Waals surface area contributed by atoms with Gasteiger partial charge in [0.2, 0.25) is 6.10 Å². The summed E-state index contributed by atoms with van der Waals surface area (Å²) in [6.45, 7) is 0.958. The van der Waals surface area contributed by atoms with Crippen LogP contribution in [0.15, 0.2) is 36.4 Å². The number of alkyl halides is 3. The lowest BCUT2D eigenvalue weighted by atomic mass is 10.0. The normalized spacial score (nSPS) is 17.3. The second kappa shape index (κ2) is 11.0. The van der Waals surface area contributed by atoms with E-state index in [4.69, 9.17) is 22.1 Å². The van der Waals surface area contributed by atoms with Crippen molar-refractivity contribution in [3.63, 3.8) is 0 Å². The number of likely N-dealkylation sites (tertiary alicyclic amines) is 1. The minimum Gasteiger partial charge on any atom is -0.478 e. The van der Waals surface area contributed by atoms with Gasteiger partial charge in [0.05, 0.1) is 16.3 Å². The van der Waals surface area contributed by atoms with Crippen LogP contribution in [-0.4, -0.2) is 64.8 Å². The summed E-state index contributed by atoms with van der Waals surface area (Å²) in [6.07, 6.45) is -6.37. The average molecular weight is 555 g/mol. The van der Waals surface area contributed by atoms with Gasteiger partial charge in [0, 0.05) is 37.8 Å². The van der Waals surface area contributed by atoms with Gasteiger partial charge in [0.1, 0.15) is 0 Å². The Hall–Kier alpha value is -3.67.